The monoisotopic (exact) mass is 163 g/mol. The Hall–Kier alpha value is -1.64. The second kappa shape index (κ2) is 4.28. The molecule has 0 saturated carbocycles. The van der Waals surface area contributed by atoms with Gasteiger partial charge >= 0.3 is 5.97 Å². The second-order valence-corrected chi connectivity index (χ2v) is 2.11. The van der Waals surface area contributed by atoms with E-state index in [0.29, 0.717) is 5.57 Å². The SMILES string of the molecule is COC(=O)C1=C/C=C\C=N/C=C\1. The van der Waals surface area contributed by atoms with E-state index in [9.17, 15) is 4.79 Å². The van der Waals surface area contributed by atoms with Crippen LogP contribution in [0, 0.1) is 0 Å². The number of aliphatic imine (C=N–C) groups is 1. The molecule has 0 aromatic heterocycles. The molecule has 12 heavy (non-hydrogen) atoms. The summed E-state index contributed by atoms with van der Waals surface area (Å²) in [6.45, 7) is 0. The van der Waals surface area contributed by atoms with Crippen LogP contribution in [0.5, 0.6) is 0 Å². The van der Waals surface area contributed by atoms with Gasteiger partial charge in [-0.1, -0.05) is 6.08 Å². The highest BCUT2D eigenvalue weighted by atomic mass is 16.5. The lowest BCUT2D eigenvalue weighted by Crippen LogP contribution is -2.02. The molecule has 1 aliphatic heterocycles. The third-order valence-corrected chi connectivity index (χ3v) is 1.32. The van der Waals surface area contributed by atoms with Crippen LogP contribution in [0.25, 0.3) is 0 Å². The van der Waals surface area contributed by atoms with Crippen LogP contribution >= 0.6 is 0 Å². The number of methoxy groups -OCH3 is 1. The van der Waals surface area contributed by atoms with Gasteiger partial charge < -0.3 is 4.74 Å². The fourth-order valence-corrected chi connectivity index (χ4v) is 0.741. The maximum atomic E-state index is 11.0. The summed E-state index contributed by atoms with van der Waals surface area (Å²) in [6.07, 6.45) is 9.94. The van der Waals surface area contributed by atoms with Gasteiger partial charge in [0.25, 0.3) is 0 Å². The topological polar surface area (TPSA) is 38.7 Å². The predicted octanol–water partition coefficient (Wildman–Crippen LogP) is 1.24. The Kier molecular flexibility index (Phi) is 3.02. The van der Waals surface area contributed by atoms with E-state index in [0.717, 1.165) is 0 Å². The van der Waals surface area contributed by atoms with Crippen LogP contribution in [0.3, 0.4) is 0 Å². The molecule has 0 amide bonds. The number of carbonyl (C=O) groups excluding carboxylic acids is 1. The molecule has 3 nitrogen and oxygen atoms in total. The van der Waals surface area contributed by atoms with Crippen LogP contribution < -0.4 is 0 Å². The predicted molar refractivity (Wildman–Crippen MR) is 46.9 cm³/mol. The van der Waals surface area contributed by atoms with Crippen LogP contribution in [0.15, 0.2) is 41.1 Å². The van der Waals surface area contributed by atoms with E-state index in [4.69, 9.17) is 0 Å². The molecule has 0 atom stereocenters. The van der Waals surface area contributed by atoms with Gasteiger partial charge in [-0.15, -0.1) is 0 Å². The van der Waals surface area contributed by atoms with Crippen LogP contribution in [0.2, 0.25) is 0 Å². The van der Waals surface area contributed by atoms with Crippen molar-refractivity contribution in [2.45, 2.75) is 0 Å². The molecule has 3 heteroatoms. The Balaban J connectivity index is 2.82. The Labute approximate surface area is 70.8 Å². The van der Waals surface area contributed by atoms with Gasteiger partial charge in [-0.25, -0.2) is 4.79 Å². The fraction of sp³-hybridized carbons (Fsp3) is 0.111. The largest absolute Gasteiger partial charge is 0.465 e. The summed E-state index contributed by atoms with van der Waals surface area (Å²) in [7, 11) is 1.35. The van der Waals surface area contributed by atoms with Gasteiger partial charge in [0.1, 0.15) is 0 Å². The smallest absolute Gasteiger partial charge is 0.337 e. The first kappa shape index (κ1) is 8.46. The van der Waals surface area contributed by atoms with E-state index in [2.05, 4.69) is 9.73 Å². The van der Waals surface area contributed by atoms with Crippen molar-refractivity contribution < 1.29 is 9.53 Å². The fourth-order valence-electron chi connectivity index (χ4n) is 0.741. The molecular weight excluding hydrogens is 154 g/mol. The molecule has 1 rings (SSSR count). The van der Waals surface area contributed by atoms with Gasteiger partial charge in [0, 0.05) is 12.4 Å². The molecule has 0 aliphatic carbocycles. The normalized spacial score (nSPS) is 27.2. The first-order valence-electron chi connectivity index (χ1n) is 3.49. The molecule has 0 radical (unpaired) electrons. The maximum Gasteiger partial charge on any atom is 0.337 e. The van der Waals surface area contributed by atoms with Gasteiger partial charge in [0.05, 0.1) is 12.7 Å². The van der Waals surface area contributed by atoms with Crippen molar-refractivity contribution in [3.8, 4) is 0 Å². The molecule has 0 bridgehead atoms. The molecule has 0 fully saturated rings. The van der Waals surface area contributed by atoms with Crippen molar-refractivity contribution in [3.63, 3.8) is 0 Å². The van der Waals surface area contributed by atoms with E-state index in [-0.39, 0.29) is 5.97 Å². The number of esters is 1. The van der Waals surface area contributed by atoms with Gasteiger partial charge in [0.15, 0.2) is 0 Å². The van der Waals surface area contributed by atoms with Gasteiger partial charge in [-0.3, -0.25) is 4.99 Å². The average molecular weight is 163 g/mol. The Bertz CT molecular complexity index is 285. The molecule has 0 unspecified atom stereocenters. The molecule has 1 aliphatic rings. The van der Waals surface area contributed by atoms with E-state index in [1.807, 2.05) is 0 Å². The summed E-state index contributed by atoms with van der Waals surface area (Å²) in [5.41, 5.74) is 0.491. The number of allylic oxidation sites excluding steroid dienone is 3. The van der Waals surface area contributed by atoms with Crippen molar-refractivity contribution in [2.75, 3.05) is 7.11 Å². The van der Waals surface area contributed by atoms with E-state index in [1.165, 1.54) is 7.11 Å². The zero-order valence-corrected chi connectivity index (χ0v) is 6.73. The van der Waals surface area contributed by atoms with Gasteiger partial charge in [0.2, 0.25) is 0 Å². The van der Waals surface area contributed by atoms with Gasteiger partial charge in [-0.05, 0) is 18.2 Å². The third kappa shape index (κ3) is 2.20. The second-order valence-electron chi connectivity index (χ2n) is 2.11. The molecule has 62 valence electrons. The minimum atomic E-state index is -0.354. The lowest BCUT2D eigenvalue weighted by atomic mass is 10.2. The molecule has 0 N–H and O–H groups in total. The summed E-state index contributed by atoms with van der Waals surface area (Å²) in [5, 5.41) is 0. The van der Waals surface area contributed by atoms with Gasteiger partial charge in [-0.2, -0.15) is 0 Å². The molecular formula is C9H9NO2. The number of ether oxygens (including phenoxy) is 1. The summed E-state index contributed by atoms with van der Waals surface area (Å²) in [4.78, 5) is 14.9. The first-order valence-corrected chi connectivity index (χ1v) is 3.49. The lowest BCUT2D eigenvalue weighted by Gasteiger charge is -1.97. The zero-order chi connectivity index (χ0) is 8.81. The maximum absolute atomic E-state index is 11.0. The summed E-state index contributed by atoms with van der Waals surface area (Å²) >= 11 is 0. The highest BCUT2D eigenvalue weighted by Crippen LogP contribution is 2.01. The first-order chi connectivity index (χ1) is 5.84. The molecule has 0 aromatic carbocycles. The lowest BCUT2D eigenvalue weighted by molar-refractivity contribution is -0.135. The Morgan fingerprint density at radius 1 is 1.50 bits per heavy atom. The van der Waals surface area contributed by atoms with Crippen molar-refractivity contribution in [2.24, 2.45) is 4.99 Å². The third-order valence-electron chi connectivity index (χ3n) is 1.32. The quantitative estimate of drug-likeness (QED) is 0.545. The summed E-state index contributed by atoms with van der Waals surface area (Å²) in [6, 6.07) is 0. The number of hydrogen-bond donors (Lipinski definition) is 0. The van der Waals surface area contributed by atoms with Crippen LogP contribution in [-0.4, -0.2) is 19.3 Å². The number of carbonyl (C=O) groups is 1. The standard InChI is InChI=1S/C9H9NO2/c1-12-9(11)8-4-2-3-6-10-7-5-8/h2-7H,1H3/b3-2-,4-2?,6-3?,7-5-,8-4+,8-5?,10-6-,10-7?. The number of hydrogen-bond acceptors (Lipinski definition) is 3. The minimum Gasteiger partial charge on any atom is -0.465 e. The highest BCUT2D eigenvalue weighted by Gasteiger charge is 2.03. The molecule has 0 spiro atoms. The Morgan fingerprint density at radius 3 is 3.08 bits per heavy atom. The number of rotatable bonds is 1. The van der Waals surface area contributed by atoms with Crippen molar-refractivity contribution >= 4 is 12.2 Å². The summed E-state index contributed by atoms with van der Waals surface area (Å²) in [5.74, 6) is -0.354. The van der Waals surface area contributed by atoms with Crippen molar-refractivity contribution in [1.82, 2.24) is 0 Å². The van der Waals surface area contributed by atoms with Crippen molar-refractivity contribution in [3.05, 3.63) is 36.1 Å². The number of nitrogens with zero attached hydrogens (tertiary/aromatic N) is 1. The minimum absolute atomic E-state index is 0.354. The van der Waals surface area contributed by atoms with E-state index >= 15 is 0 Å². The van der Waals surface area contributed by atoms with Crippen LogP contribution in [-0.2, 0) is 9.53 Å². The molecule has 0 saturated heterocycles. The summed E-state index contributed by atoms with van der Waals surface area (Å²) < 4.78 is 4.54. The van der Waals surface area contributed by atoms with E-state index in [1.54, 1.807) is 36.7 Å². The highest BCUT2D eigenvalue weighted by molar-refractivity contribution is 5.92. The Morgan fingerprint density at radius 2 is 2.33 bits per heavy atom. The van der Waals surface area contributed by atoms with Crippen molar-refractivity contribution in [1.29, 1.82) is 0 Å². The van der Waals surface area contributed by atoms with Crippen LogP contribution in [0.4, 0.5) is 0 Å². The van der Waals surface area contributed by atoms with E-state index < -0.39 is 0 Å². The molecule has 1 heterocycles. The zero-order valence-electron chi connectivity index (χ0n) is 6.73. The average Bonchev–Trinajstić information content (AvgIpc) is 2.02. The molecule has 0 aromatic rings. The van der Waals surface area contributed by atoms with Crippen LogP contribution in [0.1, 0.15) is 0 Å².